The predicted octanol–water partition coefficient (Wildman–Crippen LogP) is 4.05. The number of hydrogen-bond acceptors (Lipinski definition) is 23. The number of ether oxygens (including phenoxy) is 6. The number of anilines is 1. The molecule has 2 unspecified atom stereocenters. The van der Waals surface area contributed by atoms with Crippen molar-refractivity contribution in [2.75, 3.05) is 57.5 Å². The summed E-state index contributed by atoms with van der Waals surface area (Å²) in [6, 6.07) is 10.9. The van der Waals surface area contributed by atoms with E-state index in [0.717, 1.165) is 55.2 Å². The molecule has 14 N–H and O–H groups in total. The first kappa shape index (κ1) is 96.0. The van der Waals surface area contributed by atoms with Gasteiger partial charge < -0.3 is 107 Å². The number of aliphatic hydroxyl groups is 5. The van der Waals surface area contributed by atoms with Gasteiger partial charge in [-0.3, -0.25) is 47.9 Å². The van der Waals surface area contributed by atoms with E-state index in [4.69, 9.17) is 33.5 Å². The number of amides is 10. The number of aromatic nitrogens is 3. The fraction of sp³-hybridized carbons (Fsp3) is 0.711. The summed E-state index contributed by atoms with van der Waals surface area (Å²) in [4.78, 5) is 134. The SMILES string of the molecule is CCCCCCNC(=O)CCC(=O)N1Cc2ccccc2-c2nnn(CCCCCC(=O)NC(CCC(=O)NC(CCC(=O)NCCCCCCO[C@@H]3O[C@H](C)[C@H](O)C[C@H]3NC(C)=O)C(=O)NCCCCCCO[C@@H]3O[C@H](CO)[C@H](O)C[C@H]3NC(C)=O)C(=O)NCCCCCCO[C@@H]3O[C@H](C)[C@H](O)[C@H](O)[C@H]3NC(C)=O)c2-c2ccccc21. The van der Waals surface area contributed by atoms with E-state index in [1.807, 2.05) is 53.2 Å². The van der Waals surface area contributed by atoms with Crippen molar-refractivity contribution in [3.63, 3.8) is 0 Å². The molecule has 4 aliphatic rings. The summed E-state index contributed by atoms with van der Waals surface area (Å²) in [5.41, 5.74) is 4.45. The predicted molar refractivity (Wildman–Crippen MR) is 432 cm³/mol. The number of nitrogens with zero attached hydrogens (tertiary/aromatic N) is 4. The van der Waals surface area contributed by atoms with Gasteiger partial charge in [-0.15, -0.1) is 5.10 Å². The van der Waals surface area contributed by atoms with Gasteiger partial charge in [0, 0.05) is 129 Å². The van der Waals surface area contributed by atoms with Gasteiger partial charge in [0.25, 0.3) is 0 Å². The number of hydrogen-bond donors (Lipinski definition) is 14. The molecule has 117 heavy (non-hydrogen) atoms. The second-order valence-electron chi connectivity index (χ2n) is 31.1. The number of para-hydroxylation sites is 1. The second-order valence-corrected chi connectivity index (χ2v) is 31.1. The quantitative estimate of drug-likeness (QED) is 0.0354. The molecule has 3 fully saturated rings. The van der Waals surface area contributed by atoms with Crippen LogP contribution in [0.5, 0.6) is 0 Å². The van der Waals surface area contributed by atoms with Gasteiger partial charge in [-0.1, -0.05) is 119 Å². The number of carbonyl (C=O) groups is 10. The largest absolute Gasteiger partial charge is 0.394 e. The van der Waals surface area contributed by atoms with Crippen molar-refractivity contribution in [3.05, 3.63) is 54.1 Å². The van der Waals surface area contributed by atoms with Crippen LogP contribution in [0.3, 0.4) is 0 Å². The zero-order valence-corrected chi connectivity index (χ0v) is 69.2. The van der Waals surface area contributed by atoms with E-state index in [1.165, 1.54) is 20.8 Å². The fourth-order valence-corrected chi connectivity index (χ4v) is 14.7. The topological polar surface area (TPSA) is 469 Å². The van der Waals surface area contributed by atoms with Crippen molar-refractivity contribution in [1.82, 2.24) is 62.8 Å². The number of aryl methyl sites for hydroxylation is 1. The molecule has 3 aromatic rings. The Morgan fingerprint density at radius 1 is 0.504 bits per heavy atom. The number of aliphatic hydroxyl groups excluding tert-OH is 5. The number of carbonyl (C=O) groups excluding carboxylic acids is 10. The van der Waals surface area contributed by atoms with Crippen LogP contribution in [-0.4, -0.2) is 244 Å². The minimum Gasteiger partial charge on any atom is -0.394 e. The Kier molecular flexibility index (Phi) is 42.7. The lowest BCUT2D eigenvalue weighted by Gasteiger charge is -2.41. The molecule has 5 heterocycles. The minimum atomic E-state index is -1.31. The van der Waals surface area contributed by atoms with Gasteiger partial charge in [0.2, 0.25) is 59.1 Å². The molecule has 34 nitrogen and oxygen atoms in total. The maximum atomic E-state index is 14.2. The molecule has 1 aromatic heterocycles. The Hall–Kier alpha value is -8.16. The molecular weight excluding hydrogens is 1510 g/mol. The number of unbranched alkanes of at least 4 members (excludes halogenated alkanes) is 14. The summed E-state index contributed by atoms with van der Waals surface area (Å²) in [7, 11) is 0. The van der Waals surface area contributed by atoms with Crippen LogP contribution in [0.15, 0.2) is 48.5 Å². The van der Waals surface area contributed by atoms with Crippen molar-refractivity contribution in [2.24, 2.45) is 0 Å². The standard InChI is InChI=1S/C83H131N13O21/c1-7-8-9-22-41-85-70(104)39-40-73(107)95-51-58-30-18-19-31-59(58)74-76(60-32-20-21-33-65(60)95)96(94-93-74)45-26-16-17-34-71(105)91-62(80(111)87-44-25-12-15-29-48-114-83-75(90-57(6)100)78(109)77(108)54(3)116-83)36-38-72(106)92-61(79(110)86-43-24-11-14-28-47-113-82-64(89-56(5)99)50-67(102)68(52-97)117-82)35-37-69(103)84-42-23-10-13-27-46-112-81-63(88-55(4)98)49-66(101)53(2)115-81/h18-21,30-33,53-54,61-64,66-68,75,77-78,81-83,97,101-102,108-109H,7-17,22-29,34-52H2,1-6H3,(H,84,103)(H,85,104)(H,86,110)(H,87,111)(H,88,98)(H,89,99)(H,90,100)(H,91,105)(H,92,106)/t53-,54-,61?,62?,63-,64-,66-,67-,68-,75-,77+,78-,81-,82-,83-/m1/s1. The van der Waals surface area contributed by atoms with Crippen molar-refractivity contribution < 1.29 is 102 Å². The zero-order chi connectivity index (χ0) is 84.6. The highest BCUT2D eigenvalue weighted by Crippen LogP contribution is 2.42. The van der Waals surface area contributed by atoms with Crippen LogP contribution in [0, 0.1) is 0 Å². The Labute approximate surface area is 686 Å². The first-order valence-electron chi connectivity index (χ1n) is 42.4. The zero-order valence-electron chi connectivity index (χ0n) is 69.2. The van der Waals surface area contributed by atoms with Crippen molar-refractivity contribution in [1.29, 1.82) is 0 Å². The molecule has 654 valence electrons. The van der Waals surface area contributed by atoms with Gasteiger partial charge in [-0.2, -0.15) is 0 Å². The first-order valence-corrected chi connectivity index (χ1v) is 42.4. The van der Waals surface area contributed by atoms with E-state index in [1.54, 1.807) is 18.7 Å². The molecule has 7 rings (SSSR count). The summed E-state index contributed by atoms with van der Waals surface area (Å²) >= 11 is 0. The van der Waals surface area contributed by atoms with Crippen LogP contribution in [0.1, 0.15) is 227 Å². The fourth-order valence-electron chi connectivity index (χ4n) is 14.7. The van der Waals surface area contributed by atoms with Crippen molar-refractivity contribution in [2.45, 2.75) is 326 Å². The van der Waals surface area contributed by atoms with Gasteiger partial charge in [0.1, 0.15) is 42.1 Å². The highest BCUT2D eigenvalue weighted by Gasteiger charge is 2.44. The molecule has 34 heteroatoms. The molecule has 3 saturated heterocycles. The van der Waals surface area contributed by atoms with Crippen LogP contribution in [-0.2, 0) is 89.5 Å². The Bertz CT molecular complexity index is 3590. The Morgan fingerprint density at radius 2 is 0.991 bits per heavy atom. The number of fused-ring (bicyclic) bond motifs is 5. The average Bonchev–Trinajstić information content (AvgIpc) is 1.71. The molecule has 10 amide bonds. The van der Waals surface area contributed by atoms with Gasteiger partial charge >= 0.3 is 0 Å². The van der Waals surface area contributed by atoms with E-state index in [2.05, 4.69) is 60.0 Å². The average molecular weight is 1650 g/mol. The second kappa shape index (κ2) is 52.0. The smallest absolute Gasteiger partial charge is 0.242 e. The van der Waals surface area contributed by atoms with Crippen LogP contribution in [0.2, 0.25) is 0 Å². The van der Waals surface area contributed by atoms with Gasteiger partial charge in [-0.25, -0.2) is 4.68 Å². The molecule has 15 atom stereocenters. The van der Waals surface area contributed by atoms with E-state index < -0.39 is 128 Å². The molecule has 4 aliphatic heterocycles. The van der Waals surface area contributed by atoms with Crippen LogP contribution < -0.4 is 52.8 Å². The van der Waals surface area contributed by atoms with E-state index in [9.17, 15) is 73.5 Å². The maximum absolute atomic E-state index is 14.2. The lowest BCUT2D eigenvalue weighted by atomic mass is 9.95. The van der Waals surface area contributed by atoms with Crippen molar-refractivity contribution >= 4 is 64.8 Å². The lowest BCUT2D eigenvalue weighted by Crippen LogP contribution is -2.63. The maximum Gasteiger partial charge on any atom is 0.242 e. The van der Waals surface area contributed by atoms with Crippen LogP contribution >= 0.6 is 0 Å². The summed E-state index contributed by atoms with van der Waals surface area (Å²) in [5, 5.41) is 86.2. The van der Waals surface area contributed by atoms with Crippen LogP contribution in [0.4, 0.5) is 5.69 Å². The van der Waals surface area contributed by atoms with Gasteiger partial charge in [-0.05, 0) is 96.1 Å². The summed E-state index contributed by atoms with van der Waals surface area (Å²) in [6.45, 7) is 11.9. The third-order valence-electron chi connectivity index (χ3n) is 21.3. The molecule has 0 aliphatic carbocycles. The van der Waals surface area contributed by atoms with Crippen molar-refractivity contribution in [3.8, 4) is 22.5 Å². The number of benzene rings is 2. The highest BCUT2D eigenvalue weighted by atomic mass is 16.7. The van der Waals surface area contributed by atoms with E-state index in [0.29, 0.717) is 133 Å². The van der Waals surface area contributed by atoms with E-state index in [-0.39, 0.29) is 114 Å². The van der Waals surface area contributed by atoms with Gasteiger partial charge in [0.15, 0.2) is 18.9 Å². The molecule has 2 aromatic carbocycles. The minimum absolute atomic E-state index is 0.0118. The lowest BCUT2D eigenvalue weighted by molar-refractivity contribution is -0.260. The van der Waals surface area contributed by atoms with Crippen LogP contribution in [0.25, 0.3) is 22.5 Å². The molecule has 0 bridgehead atoms. The highest BCUT2D eigenvalue weighted by molar-refractivity contribution is 6.01. The molecule has 0 saturated carbocycles. The van der Waals surface area contributed by atoms with E-state index >= 15 is 0 Å². The monoisotopic (exact) mass is 1650 g/mol. The third-order valence-corrected chi connectivity index (χ3v) is 21.3. The molecular formula is C83H131N13O21. The number of nitrogens with one attached hydrogen (secondary N) is 9. The molecule has 0 radical (unpaired) electrons. The summed E-state index contributed by atoms with van der Waals surface area (Å²) in [6.07, 6.45) is 4.33. The third kappa shape index (κ3) is 32.8. The normalized spacial score (nSPS) is 22.7. The molecule has 0 spiro atoms. The summed E-state index contributed by atoms with van der Waals surface area (Å²) in [5.74, 6) is -3.82. The first-order chi connectivity index (χ1) is 56.3. The van der Waals surface area contributed by atoms with Gasteiger partial charge in [0.05, 0.1) is 61.0 Å². The Balaban J connectivity index is 0.953. The summed E-state index contributed by atoms with van der Waals surface area (Å²) < 4.78 is 37.0. The Morgan fingerprint density at radius 3 is 1.57 bits per heavy atom. The number of rotatable bonds is 52.